The molecule has 0 unspecified atom stereocenters. The lowest BCUT2D eigenvalue weighted by molar-refractivity contribution is 0.103. The largest absolute Gasteiger partial charge is 0.478 e. The average Bonchev–Trinajstić information content (AvgIpc) is 3.34. The fourth-order valence-corrected chi connectivity index (χ4v) is 3.45. The number of H-pyrrole nitrogens is 1. The Hall–Kier alpha value is -3.46. The molecule has 3 N–H and O–H groups in total. The molecule has 142 valence electrons. The molecule has 0 aliphatic carbocycles. The highest BCUT2D eigenvalue weighted by Crippen LogP contribution is 2.28. The van der Waals surface area contributed by atoms with Crippen LogP contribution >= 0.6 is 11.3 Å². The maximum absolute atomic E-state index is 12.7. The molecule has 1 aromatic carbocycles. The number of aryl methyl sites for hydroxylation is 1. The highest BCUT2D eigenvalue weighted by molar-refractivity contribution is 7.17. The summed E-state index contributed by atoms with van der Waals surface area (Å²) in [6.07, 6.45) is 3.24. The van der Waals surface area contributed by atoms with Crippen LogP contribution in [0.2, 0.25) is 0 Å². The zero-order chi connectivity index (χ0) is 19.5. The second-order valence-corrected chi connectivity index (χ2v) is 7.02. The average molecular weight is 394 g/mol. The summed E-state index contributed by atoms with van der Waals surface area (Å²) >= 11 is 1.25. The number of nitrogens with zero attached hydrogens (tertiary/aromatic N) is 3. The Morgan fingerprint density at radius 1 is 1.25 bits per heavy atom. The van der Waals surface area contributed by atoms with Crippen molar-refractivity contribution in [3.63, 3.8) is 0 Å². The molecule has 3 heterocycles. The summed E-state index contributed by atoms with van der Waals surface area (Å²) in [6, 6.07) is 9.31. The topological polar surface area (TPSA) is 105 Å². The van der Waals surface area contributed by atoms with E-state index >= 15 is 0 Å². The number of carbonyl (C=O) groups excluding carboxylic acids is 1. The van der Waals surface area contributed by atoms with Crippen LogP contribution in [-0.4, -0.2) is 32.7 Å². The molecule has 0 aliphatic heterocycles. The van der Waals surface area contributed by atoms with E-state index in [0.29, 0.717) is 28.3 Å². The van der Waals surface area contributed by atoms with Gasteiger partial charge in [0.1, 0.15) is 10.7 Å². The van der Waals surface area contributed by atoms with Gasteiger partial charge in [0.25, 0.3) is 5.91 Å². The van der Waals surface area contributed by atoms with Crippen LogP contribution in [0.1, 0.15) is 22.2 Å². The molecule has 4 rings (SSSR count). The SMILES string of the molecule is CCOc1cccc(Nc2ncc(C(=O)Nc3c(C)ccc4[nH]ncc34)s2)n1. The van der Waals surface area contributed by atoms with Crippen LogP contribution in [0.15, 0.2) is 42.7 Å². The van der Waals surface area contributed by atoms with Gasteiger partial charge in [-0.1, -0.05) is 23.5 Å². The maximum atomic E-state index is 12.7. The normalized spacial score (nSPS) is 10.8. The number of nitrogens with one attached hydrogen (secondary N) is 3. The van der Waals surface area contributed by atoms with Crippen LogP contribution in [0, 0.1) is 6.92 Å². The van der Waals surface area contributed by atoms with Crippen molar-refractivity contribution in [1.82, 2.24) is 20.2 Å². The molecule has 8 nitrogen and oxygen atoms in total. The maximum Gasteiger partial charge on any atom is 0.267 e. The van der Waals surface area contributed by atoms with E-state index in [4.69, 9.17) is 4.74 Å². The molecular formula is C19H18N6O2S. The summed E-state index contributed by atoms with van der Waals surface area (Å²) in [4.78, 5) is 21.8. The number of hydrogen-bond acceptors (Lipinski definition) is 7. The van der Waals surface area contributed by atoms with Crippen LogP contribution < -0.4 is 15.4 Å². The van der Waals surface area contributed by atoms with E-state index in [9.17, 15) is 4.79 Å². The van der Waals surface area contributed by atoms with Gasteiger partial charge in [0.2, 0.25) is 5.88 Å². The van der Waals surface area contributed by atoms with Gasteiger partial charge in [-0.05, 0) is 31.5 Å². The third-order valence-electron chi connectivity index (χ3n) is 4.05. The van der Waals surface area contributed by atoms with E-state index in [1.807, 2.05) is 38.1 Å². The Morgan fingerprint density at radius 3 is 3.00 bits per heavy atom. The molecule has 0 bridgehead atoms. The van der Waals surface area contributed by atoms with Gasteiger partial charge in [-0.2, -0.15) is 10.1 Å². The van der Waals surface area contributed by atoms with Crippen molar-refractivity contribution < 1.29 is 9.53 Å². The molecule has 0 atom stereocenters. The van der Waals surface area contributed by atoms with E-state index in [0.717, 1.165) is 22.2 Å². The van der Waals surface area contributed by atoms with E-state index < -0.39 is 0 Å². The Kier molecular flexibility index (Phi) is 4.90. The number of ether oxygens (including phenoxy) is 1. The number of aromatic amines is 1. The first-order valence-corrected chi connectivity index (χ1v) is 9.52. The van der Waals surface area contributed by atoms with Gasteiger partial charge >= 0.3 is 0 Å². The molecule has 0 fully saturated rings. The standard InChI is InChI=1S/C19H18N6O2S/c1-3-27-16-6-4-5-15(22-16)23-19-20-10-14(28-19)18(26)24-17-11(2)7-8-13-12(17)9-21-25-13/h4-10H,3H2,1-2H3,(H,21,25)(H,24,26)(H,20,22,23). The molecule has 0 spiro atoms. The van der Waals surface area contributed by atoms with E-state index in [2.05, 4.69) is 30.8 Å². The summed E-state index contributed by atoms with van der Waals surface area (Å²) in [5.74, 6) is 0.912. The monoisotopic (exact) mass is 394 g/mol. The van der Waals surface area contributed by atoms with Crippen molar-refractivity contribution >= 4 is 44.8 Å². The highest BCUT2D eigenvalue weighted by atomic mass is 32.1. The van der Waals surface area contributed by atoms with E-state index in [1.54, 1.807) is 18.5 Å². The Balaban J connectivity index is 1.51. The zero-order valence-electron chi connectivity index (χ0n) is 15.3. The van der Waals surface area contributed by atoms with Gasteiger partial charge in [0.15, 0.2) is 5.13 Å². The van der Waals surface area contributed by atoms with Crippen molar-refractivity contribution in [2.45, 2.75) is 13.8 Å². The lowest BCUT2D eigenvalue weighted by atomic mass is 10.1. The number of anilines is 3. The number of amides is 1. The molecule has 1 amide bonds. The molecule has 0 radical (unpaired) electrons. The summed E-state index contributed by atoms with van der Waals surface area (Å²) in [6.45, 7) is 4.39. The molecule has 3 aromatic heterocycles. The molecule has 0 saturated heterocycles. The fraction of sp³-hybridized carbons (Fsp3) is 0.158. The minimum Gasteiger partial charge on any atom is -0.478 e. The third-order valence-corrected chi connectivity index (χ3v) is 4.96. The molecule has 4 aromatic rings. The number of carbonyl (C=O) groups is 1. The predicted octanol–water partition coefficient (Wildman–Crippen LogP) is 4.12. The molecule has 0 aliphatic rings. The number of pyridine rings is 1. The van der Waals surface area contributed by atoms with Gasteiger partial charge in [-0.3, -0.25) is 9.89 Å². The third kappa shape index (κ3) is 3.65. The predicted molar refractivity (Wildman–Crippen MR) is 110 cm³/mol. The summed E-state index contributed by atoms with van der Waals surface area (Å²) in [7, 11) is 0. The fourth-order valence-electron chi connectivity index (χ4n) is 2.73. The molecule has 28 heavy (non-hydrogen) atoms. The summed E-state index contributed by atoms with van der Waals surface area (Å²) in [5, 5.41) is 14.5. The second-order valence-electron chi connectivity index (χ2n) is 5.99. The summed E-state index contributed by atoms with van der Waals surface area (Å²) in [5.41, 5.74) is 2.57. The number of rotatable bonds is 6. The lowest BCUT2D eigenvalue weighted by Crippen LogP contribution is -2.11. The molecular weight excluding hydrogens is 376 g/mol. The first-order chi connectivity index (χ1) is 13.6. The molecule has 0 saturated carbocycles. The number of benzene rings is 1. The minimum atomic E-state index is -0.224. The van der Waals surface area contributed by atoms with Crippen molar-refractivity contribution in [3.8, 4) is 5.88 Å². The van der Waals surface area contributed by atoms with E-state index in [1.165, 1.54) is 11.3 Å². The second kappa shape index (κ2) is 7.65. The van der Waals surface area contributed by atoms with Crippen molar-refractivity contribution in [1.29, 1.82) is 0 Å². The van der Waals surface area contributed by atoms with Crippen molar-refractivity contribution in [2.24, 2.45) is 0 Å². The number of thiazole rings is 1. The summed E-state index contributed by atoms with van der Waals surface area (Å²) < 4.78 is 5.39. The number of fused-ring (bicyclic) bond motifs is 1. The van der Waals surface area contributed by atoms with Crippen LogP contribution in [0.25, 0.3) is 10.9 Å². The number of hydrogen-bond donors (Lipinski definition) is 3. The minimum absolute atomic E-state index is 0.224. The van der Waals surface area contributed by atoms with Gasteiger partial charge < -0.3 is 15.4 Å². The van der Waals surface area contributed by atoms with E-state index in [-0.39, 0.29) is 5.91 Å². The smallest absolute Gasteiger partial charge is 0.267 e. The van der Waals surface area contributed by atoms with Crippen LogP contribution in [0.5, 0.6) is 5.88 Å². The van der Waals surface area contributed by atoms with Gasteiger partial charge in [-0.15, -0.1) is 0 Å². The Bertz CT molecular complexity index is 1140. The van der Waals surface area contributed by atoms with Gasteiger partial charge in [0.05, 0.1) is 30.2 Å². The Morgan fingerprint density at radius 2 is 2.14 bits per heavy atom. The van der Waals surface area contributed by atoms with Crippen LogP contribution in [0.3, 0.4) is 0 Å². The first-order valence-electron chi connectivity index (χ1n) is 8.71. The van der Waals surface area contributed by atoms with Crippen LogP contribution in [0.4, 0.5) is 16.6 Å². The Labute approximate surface area is 165 Å². The quantitative estimate of drug-likeness (QED) is 0.454. The van der Waals surface area contributed by atoms with Gasteiger partial charge in [0, 0.05) is 11.5 Å². The van der Waals surface area contributed by atoms with Crippen LogP contribution in [-0.2, 0) is 0 Å². The lowest BCUT2D eigenvalue weighted by Gasteiger charge is -2.08. The zero-order valence-corrected chi connectivity index (χ0v) is 16.1. The number of aromatic nitrogens is 4. The van der Waals surface area contributed by atoms with Crippen molar-refractivity contribution in [2.75, 3.05) is 17.2 Å². The molecule has 9 heteroatoms. The first kappa shape index (κ1) is 17.9. The van der Waals surface area contributed by atoms with Gasteiger partial charge in [-0.25, -0.2) is 4.98 Å². The van der Waals surface area contributed by atoms with Crippen molar-refractivity contribution in [3.05, 3.63) is 53.2 Å². The highest BCUT2D eigenvalue weighted by Gasteiger charge is 2.15.